The molecule has 1 heterocycles. The smallest absolute Gasteiger partial charge is 0.370 e. The number of carbonyl (C=O) groups excluding carboxylic acids is 1. The van der Waals surface area contributed by atoms with Crippen LogP contribution in [0.25, 0.3) is 0 Å². The van der Waals surface area contributed by atoms with Gasteiger partial charge in [0.1, 0.15) is 18.3 Å². The number of aliphatic hydroxyl groups is 1. The van der Waals surface area contributed by atoms with Crippen molar-refractivity contribution in [3.63, 3.8) is 0 Å². The normalized spacial score (nSPS) is 27.3. The maximum absolute atomic E-state index is 11.4. The Morgan fingerprint density at radius 1 is 1.45 bits per heavy atom. The lowest BCUT2D eigenvalue weighted by Crippen LogP contribution is -2.58. The lowest BCUT2D eigenvalue weighted by Gasteiger charge is -2.40. The first-order valence-corrected chi connectivity index (χ1v) is 6.90. The highest BCUT2D eigenvalue weighted by molar-refractivity contribution is 5.84. The molecule has 0 saturated heterocycles. The molecule has 1 amide bonds. The number of aliphatic carboxylic acids is 1. The molecule has 8 heteroatoms. The van der Waals surface area contributed by atoms with Crippen LogP contribution in [0.1, 0.15) is 13.8 Å². The third kappa shape index (κ3) is 4.43. The number of hydrogen-bond donors (Lipinski definition) is 3. The number of methoxy groups -OCH3 is 2. The molecule has 0 spiro atoms. The predicted molar refractivity (Wildman–Crippen MR) is 76.0 cm³/mol. The van der Waals surface area contributed by atoms with Crippen LogP contribution in [0.15, 0.2) is 11.8 Å². The van der Waals surface area contributed by atoms with Crippen LogP contribution in [0.2, 0.25) is 0 Å². The molecule has 22 heavy (non-hydrogen) atoms. The maximum Gasteiger partial charge on any atom is 0.370 e. The lowest BCUT2D eigenvalue weighted by molar-refractivity contribution is -0.151. The number of amides is 1. The van der Waals surface area contributed by atoms with E-state index in [0.717, 1.165) is 0 Å². The minimum absolute atomic E-state index is 0.00828. The van der Waals surface area contributed by atoms with E-state index in [0.29, 0.717) is 0 Å². The highest BCUT2D eigenvalue weighted by atomic mass is 16.6. The van der Waals surface area contributed by atoms with Crippen molar-refractivity contribution in [2.45, 2.75) is 38.2 Å². The van der Waals surface area contributed by atoms with Gasteiger partial charge in [-0.1, -0.05) is 6.92 Å². The van der Waals surface area contributed by atoms with Gasteiger partial charge in [0.25, 0.3) is 0 Å². The summed E-state index contributed by atoms with van der Waals surface area (Å²) >= 11 is 0. The fourth-order valence-electron chi connectivity index (χ4n) is 2.52. The van der Waals surface area contributed by atoms with Crippen LogP contribution in [0.5, 0.6) is 0 Å². The summed E-state index contributed by atoms with van der Waals surface area (Å²) in [6.07, 6.45) is -1.32. The Morgan fingerprint density at radius 2 is 2.09 bits per heavy atom. The zero-order valence-corrected chi connectivity index (χ0v) is 13.1. The van der Waals surface area contributed by atoms with Gasteiger partial charge in [-0.2, -0.15) is 0 Å². The standard InChI is InChI=1S/C14H23NO7/c1-7-5-10(14(18)19)22-13(11(7)15-8(2)16)12(21-4)9(17)6-20-3/h5,7,9,11-13,17H,6H2,1-4H3,(H,15,16)(H,18,19). The number of nitrogens with one attached hydrogen (secondary N) is 1. The van der Waals surface area contributed by atoms with Crippen LogP contribution in [0.4, 0.5) is 0 Å². The third-order valence-electron chi connectivity index (χ3n) is 3.49. The molecule has 0 aliphatic carbocycles. The summed E-state index contributed by atoms with van der Waals surface area (Å²) in [6.45, 7) is 3.10. The SMILES string of the molecule is COCC(O)C(OC)C1OC(C(=O)O)=CC(C)C1NC(C)=O. The average Bonchev–Trinajstić information content (AvgIpc) is 2.42. The van der Waals surface area contributed by atoms with Crippen molar-refractivity contribution in [3.05, 3.63) is 11.8 Å². The van der Waals surface area contributed by atoms with E-state index in [1.807, 2.05) is 0 Å². The zero-order chi connectivity index (χ0) is 16.9. The minimum atomic E-state index is -1.21. The summed E-state index contributed by atoms with van der Waals surface area (Å²) < 4.78 is 15.6. The molecule has 0 saturated carbocycles. The lowest BCUT2D eigenvalue weighted by atomic mass is 9.88. The number of carboxylic acid groups (broad SMARTS) is 1. The molecule has 5 atom stereocenters. The molecular formula is C14H23NO7. The topological polar surface area (TPSA) is 114 Å². The van der Waals surface area contributed by atoms with Gasteiger partial charge in [0.2, 0.25) is 11.7 Å². The van der Waals surface area contributed by atoms with Crippen molar-refractivity contribution in [3.8, 4) is 0 Å². The minimum Gasteiger partial charge on any atom is -0.478 e. The van der Waals surface area contributed by atoms with Gasteiger partial charge in [0.05, 0.1) is 12.6 Å². The van der Waals surface area contributed by atoms with Gasteiger partial charge in [-0.25, -0.2) is 4.79 Å². The summed E-state index contributed by atoms with van der Waals surface area (Å²) in [6, 6.07) is -0.531. The van der Waals surface area contributed by atoms with Crippen molar-refractivity contribution in [1.29, 1.82) is 0 Å². The largest absolute Gasteiger partial charge is 0.478 e. The Morgan fingerprint density at radius 3 is 2.55 bits per heavy atom. The molecule has 1 rings (SSSR count). The van der Waals surface area contributed by atoms with E-state index in [9.17, 15) is 14.7 Å². The summed E-state index contributed by atoms with van der Waals surface area (Å²) in [5, 5.41) is 22.0. The molecule has 126 valence electrons. The molecule has 0 aromatic carbocycles. The Balaban J connectivity index is 3.09. The maximum atomic E-state index is 11.4. The van der Waals surface area contributed by atoms with E-state index in [1.165, 1.54) is 27.2 Å². The molecule has 5 unspecified atom stereocenters. The monoisotopic (exact) mass is 317 g/mol. The first-order chi connectivity index (χ1) is 10.3. The molecule has 1 aliphatic rings. The molecule has 3 N–H and O–H groups in total. The number of rotatable bonds is 7. The van der Waals surface area contributed by atoms with Crippen molar-refractivity contribution in [2.24, 2.45) is 5.92 Å². The van der Waals surface area contributed by atoms with E-state index in [1.54, 1.807) is 6.92 Å². The first kappa shape index (κ1) is 18.4. The molecular weight excluding hydrogens is 294 g/mol. The summed E-state index contributed by atoms with van der Waals surface area (Å²) in [7, 11) is 2.80. The Bertz CT molecular complexity index is 437. The second kappa shape index (κ2) is 8.11. The Labute approximate surface area is 129 Å². The molecule has 0 aromatic rings. The molecule has 8 nitrogen and oxygen atoms in total. The van der Waals surface area contributed by atoms with Gasteiger partial charge in [-0.05, 0) is 6.08 Å². The number of carbonyl (C=O) groups is 2. The van der Waals surface area contributed by atoms with E-state index < -0.39 is 30.3 Å². The van der Waals surface area contributed by atoms with E-state index in [2.05, 4.69) is 5.32 Å². The first-order valence-electron chi connectivity index (χ1n) is 6.90. The fraction of sp³-hybridized carbons (Fsp3) is 0.714. The number of aliphatic hydroxyl groups excluding tert-OH is 1. The second-order valence-electron chi connectivity index (χ2n) is 5.23. The van der Waals surface area contributed by atoms with Crippen LogP contribution in [-0.4, -0.2) is 67.3 Å². The van der Waals surface area contributed by atoms with E-state index in [4.69, 9.17) is 19.3 Å². The quantitative estimate of drug-likeness (QED) is 0.581. The summed E-state index contributed by atoms with van der Waals surface area (Å²) in [5.74, 6) is -2.03. The number of ether oxygens (including phenoxy) is 3. The van der Waals surface area contributed by atoms with Crippen molar-refractivity contribution < 1.29 is 34.0 Å². The Hall–Kier alpha value is -1.64. The van der Waals surface area contributed by atoms with Crippen molar-refractivity contribution in [2.75, 3.05) is 20.8 Å². The van der Waals surface area contributed by atoms with Gasteiger partial charge < -0.3 is 29.7 Å². The van der Waals surface area contributed by atoms with Gasteiger partial charge in [0, 0.05) is 27.1 Å². The van der Waals surface area contributed by atoms with Crippen molar-refractivity contribution in [1.82, 2.24) is 5.32 Å². The molecule has 0 bridgehead atoms. The highest BCUT2D eigenvalue weighted by Gasteiger charge is 2.43. The average molecular weight is 317 g/mol. The van der Waals surface area contributed by atoms with Crippen LogP contribution < -0.4 is 5.32 Å². The fourth-order valence-corrected chi connectivity index (χ4v) is 2.52. The van der Waals surface area contributed by atoms with Crippen LogP contribution in [0, 0.1) is 5.92 Å². The predicted octanol–water partition coefficient (Wildman–Crippen LogP) is -0.483. The molecule has 0 radical (unpaired) electrons. The van der Waals surface area contributed by atoms with Gasteiger partial charge in [-0.15, -0.1) is 0 Å². The molecule has 1 aliphatic heterocycles. The van der Waals surface area contributed by atoms with Gasteiger partial charge >= 0.3 is 5.97 Å². The number of hydrogen-bond acceptors (Lipinski definition) is 6. The van der Waals surface area contributed by atoms with E-state index in [-0.39, 0.29) is 24.2 Å². The zero-order valence-electron chi connectivity index (χ0n) is 13.1. The van der Waals surface area contributed by atoms with Crippen LogP contribution >= 0.6 is 0 Å². The van der Waals surface area contributed by atoms with Crippen molar-refractivity contribution >= 4 is 11.9 Å². The highest BCUT2D eigenvalue weighted by Crippen LogP contribution is 2.27. The second-order valence-corrected chi connectivity index (χ2v) is 5.23. The summed E-state index contributed by atoms with van der Waals surface area (Å²) in [5.41, 5.74) is 0. The number of carboxylic acids is 1. The van der Waals surface area contributed by atoms with Gasteiger partial charge in [-0.3, -0.25) is 4.79 Å². The third-order valence-corrected chi connectivity index (χ3v) is 3.49. The summed E-state index contributed by atoms with van der Waals surface area (Å²) in [4.78, 5) is 22.6. The molecule has 0 aromatic heterocycles. The van der Waals surface area contributed by atoms with E-state index >= 15 is 0 Å². The van der Waals surface area contributed by atoms with Gasteiger partial charge in [0.15, 0.2) is 0 Å². The van der Waals surface area contributed by atoms with Crippen LogP contribution in [0.3, 0.4) is 0 Å². The van der Waals surface area contributed by atoms with Crippen LogP contribution in [-0.2, 0) is 23.8 Å². The Kier molecular flexibility index (Phi) is 6.79. The molecule has 0 fully saturated rings.